The summed E-state index contributed by atoms with van der Waals surface area (Å²) in [5.74, 6) is 0. The van der Waals surface area contributed by atoms with Crippen molar-refractivity contribution in [2.45, 2.75) is 37.8 Å². The fourth-order valence-electron chi connectivity index (χ4n) is 1.92. The molecule has 1 aliphatic rings. The summed E-state index contributed by atoms with van der Waals surface area (Å²) in [6, 6.07) is 0.664. The lowest BCUT2D eigenvalue weighted by Crippen LogP contribution is -2.38. The van der Waals surface area contributed by atoms with Crippen LogP contribution in [-0.2, 0) is 0 Å². The maximum absolute atomic E-state index is 9.58. The zero-order valence-electron chi connectivity index (χ0n) is 8.79. The van der Waals surface area contributed by atoms with Crippen molar-refractivity contribution in [3.8, 4) is 0 Å². The third-order valence-corrected chi connectivity index (χ3v) is 2.57. The number of nitrogens with one attached hydrogen (secondary N) is 1. The zero-order chi connectivity index (χ0) is 9.68. The van der Waals surface area contributed by atoms with Gasteiger partial charge in [-0.05, 0) is 26.9 Å². The van der Waals surface area contributed by atoms with Crippen molar-refractivity contribution in [3.63, 3.8) is 0 Å². The fourth-order valence-corrected chi connectivity index (χ4v) is 1.92. The molecule has 0 amide bonds. The molecule has 0 aromatic heterocycles. The van der Waals surface area contributed by atoms with Crippen LogP contribution < -0.4 is 5.32 Å². The van der Waals surface area contributed by atoms with Crippen LogP contribution in [0.15, 0.2) is 0 Å². The maximum atomic E-state index is 9.58. The minimum Gasteiger partial charge on any atom is -0.390 e. The Morgan fingerprint density at radius 2 is 2.00 bits per heavy atom. The van der Waals surface area contributed by atoms with E-state index in [9.17, 15) is 5.11 Å². The summed E-state index contributed by atoms with van der Waals surface area (Å²) in [5.41, 5.74) is 0. The van der Waals surface area contributed by atoms with Crippen LogP contribution >= 0.6 is 0 Å². The van der Waals surface area contributed by atoms with Crippen molar-refractivity contribution >= 4 is 0 Å². The Morgan fingerprint density at radius 3 is 2.54 bits per heavy atom. The predicted molar refractivity (Wildman–Crippen MR) is 54.8 cm³/mol. The van der Waals surface area contributed by atoms with E-state index in [4.69, 9.17) is 0 Å². The molecule has 1 aliphatic carbocycles. The summed E-state index contributed by atoms with van der Waals surface area (Å²) in [6.07, 6.45) is 5.04. The van der Waals surface area contributed by atoms with Gasteiger partial charge in [0.05, 0.1) is 6.10 Å². The topological polar surface area (TPSA) is 35.5 Å². The van der Waals surface area contributed by atoms with E-state index in [1.165, 1.54) is 25.7 Å². The number of aliphatic hydroxyl groups excluding tert-OH is 1. The number of nitrogens with zero attached hydrogens (tertiary/aromatic N) is 1. The van der Waals surface area contributed by atoms with Crippen molar-refractivity contribution in [2.24, 2.45) is 0 Å². The van der Waals surface area contributed by atoms with E-state index in [1.54, 1.807) is 0 Å². The van der Waals surface area contributed by atoms with Crippen molar-refractivity contribution in [1.29, 1.82) is 0 Å². The highest BCUT2D eigenvalue weighted by atomic mass is 16.3. The van der Waals surface area contributed by atoms with Crippen LogP contribution in [0.2, 0.25) is 0 Å². The largest absolute Gasteiger partial charge is 0.390 e. The molecule has 1 rings (SSSR count). The van der Waals surface area contributed by atoms with Crippen LogP contribution in [0.4, 0.5) is 0 Å². The molecule has 1 saturated carbocycles. The summed E-state index contributed by atoms with van der Waals surface area (Å²) < 4.78 is 0. The van der Waals surface area contributed by atoms with E-state index >= 15 is 0 Å². The molecule has 0 spiro atoms. The number of rotatable bonds is 5. The molecule has 0 aromatic carbocycles. The second-order valence-electron chi connectivity index (χ2n) is 4.31. The van der Waals surface area contributed by atoms with Gasteiger partial charge in [-0.25, -0.2) is 0 Å². The van der Waals surface area contributed by atoms with Gasteiger partial charge in [-0.1, -0.05) is 12.8 Å². The zero-order valence-corrected chi connectivity index (χ0v) is 8.79. The number of likely N-dealkylation sites (N-methyl/N-ethyl adjacent to an activating group) is 1. The molecule has 3 heteroatoms. The SMILES string of the molecule is CN(C)CC(O)CNC1CCCC1. The van der Waals surface area contributed by atoms with E-state index in [1.807, 2.05) is 19.0 Å². The van der Waals surface area contributed by atoms with Gasteiger partial charge in [0.2, 0.25) is 0 Å². The molecule has 1 fully saturated rings. The smallest absolute Gasteiger partial charge is 0.0791 e. The Morgan fingerprint density at radius 1 is 1.38 bits per heavy atom. The number of hydrogen-bond donors (Lipinski definition) is 2. The highest BCUT2D eigenvalue weighted by Gasteiger charge is 2.15. The lowest BCUT2D eigenvalue weighted by Gasteiger charge is -2.19. The summed E-state index contributed by atoms with van der Waals surface area (Å²) in [7, 11) is 3.97. The lowest BCUT2D eigenvalue weighted by atomic mass is 10.2. The Labute approximate surface area is 81.1 Å². The van der Waals surface area contributed by atoms with Gasteiger partial charge >= 0.3 is 0 Å². The molecular formula is C10H22N2O. The van der Waals surface area contributed by atoms with Gasteiger partial charge in [0.1, 0.15) is 0 Å². The van der Waals surface area contributed by atoms with Crippen LogP contribution in [-0.4, -0.2) is 49.3 Å². The number of hydrogen-bond acceptors (Lipinski definition) is 3. The average Bonchev–Trinajstić information content (AvgIpc) is 2.51. The van der Waals surface area contributed by atoms with E-state index in [-0.39, 0.29) is 6.10 Å². The second-order valence-corrected chi connectivity index (χ2v) is 4.31. The third-order valence-electron chi connectivity index (χ3n) is 2.57. The highest BCUT2D eigenvalue weighted by Crippen LogP contribution is 2.17. The van der Waals surface area contributed by atoms with E-state index in [0.29, 0.717) is 6.04 Å². The van der Waals surface area contributed by atoms with Crippen molar-refractivity contribution in [1.82, 2.24) is 10.2 Å². The van der Waals surface area contributed by atoms with Gasteiger partial charge in [0.15, 0.2) is 0 Å². The highest BCUT2D eigenvalue weighted by molar-refractivity contribution is 4.75. The molecule has 0 bridgehead atoms. The normalized spacial score (nSPS) is 21.2. The minimum atomic E-state index is -0.226. The minimum absolute atomic E-state index is 0.226. The molecule has 3 nitrogen and oxygen atoms in total. The van der Waals surface area contributed by atoms with Gasteiger partial charge in [-0.3, -0.25) is 0 Å². The molecule has 1 atom stereocenters. The van der Waals surface area contributed by atoms with Crippen LogP contribution in [0.1, 0.15) is 25.7 Å². The molecule has 0 radical (unpaired) electrons. The van der Waals surface area contributed by atoms with Crippen molar-refractivity contribution < 1.29 is 5.11 Å². The summed E-state index contributed by atoms with van der Waals surface area (Å²) in [5, 5.41) is 13.0. The first-order chi connectivity index (χ1) is 6.18. The van der Waals surface area contributed by atoms with Crippen LogP contribution in [0.5, 0.6) is 0 Å². The van der Waals surface area contributed by atoms with E-state index < -0.39 is 0 Å². The molecule has 78 valence electrons. The molecule has 0 saturated heterocycles. The molecule has 13 heavy (non-hydrogen) atoms. The predicted octanol–water partition coefficient (Wildman–Crippen LogP) is 0.441. The van der Waals surface area contributed by atoms with E-state index in [2.05, 4.69) is 5.32 Å². The van der Waals surface area contributed by atoms with Gasteiger partial charge in [-0.15, -0.1) is 0 Å². The Hall–Kier alpha value is -0.120. The average molecular weight is 186 g/mol. The second kappa shape index (κ2) is 5.58. The molecule has 0 aromatic rings. The summed E-state index contributed by atoms with van der Waals surface area (Å²) >= 11 is 0. The van der Waals surface area contributed by atoms with Crippen LogP contribution in [0, 0.1) is 0 Å². The number of aliphatic hydroxyl groups is 1. The van der Waals surface area contributed by atoms with Gasteiger partial charge in [-0.2, -0.15) is 0 Å². The monoisotopic (exact) mass is 186 g/mol. The first-order valence-corrected chi connectivity index (χ1v) is 5.24. The van der Waals surface area contributed by atoms with Gasteiger partial charge in [0.25, 0.3) is 0 Å². The van der Waals surface area contributed by atoms with Crippen LogP contribution in [0.25, 0.3) is 0 Å². The summed E-state index contributed by atoms with van der Waals surface area (Å²) in [6.45, 7) is 1.49. The molecule has 0 aliphatic heterocycles. The van der Waals surface area contributed by atoms with E-state index in [0.717, 1.165) is 13.1 Å². The maximum Gasteiger partial charge on any atom is 0.0791 e. The molecule has 1 unspecified atom stereocenters. The first-order valence-electron chi connectivity index (χ1n) is 5.24. The Balaban J connectivity index is 2.03. The first kappa shape index (κ1) is 11.0. The summed E-state index contributed by atoms with van der Waals surface area (Å²) in [4.78, 5) is 2.01. The van der Waals surface area contributed by atoms with Crippen molar-refractivity contribution in [2.75, 3.05) is 27.2 Å². The molecule has 0 heterocycles. The molecular weight excluding hydrogens is 164 g/mol. The standard InChI is InChI=1S/C10H22N2O/c1-12(2)8-10(13)7-11-9-5-3-4-6-9/h9-11,13H,3-8H2,1-2H3. The van der Waals surface area contributed by atoms with Crippen LogP contribution in [0.3, 0.4) is 0 Å². The Bertz CT molecular complexity index is 133. The molecule has 2 N–H and O–H groups in total. The van der Waals surface area contributed by atoms with Gasteiger partial charge < -0.3 is 15.3 Å². The quantitative estimate of drug-likeness (QED) is 0.654. The Kier molecular flexibility index (Phi) is 4.70. The van der Waals surface area contributed by atoms with Crippen molar-refractivity contribution in [3.05, 3.63) is 0 Å². The van der Waals surface area contributed by atoms with Gasteiger partial charge in [0, 0.05) is 19.1 Å². The third kappa shape index (κ3) is 4.60. The lowest BCUT2D eigenvalue weighted by molar-refractivity contribution is 0.131. The fraction of sp³-hybridized carbons (Fsp3) is 1.00.